The summed E-state index contributed by atoms with van der Waals surface area (Å²) >= 11 is 1.24. The van der Waals surface area contributed by atoms with Crippen LogP contribution in [0.5, 0.6) is 0 Å². The maximum Gasteiger partial charge on any atom is 0.265 e. The Balaban J connectivity index is 2.14. The van der Waals surface area contributed by atoms with Gasteiger partial charge >= 0.3 is 0 Å². The summed E-state index contributed by atoms with van der Waals surface area (Å²) in [6.45, 7) is 2.71. The lowest BCUT2D eigenvalue weighted by Gasteiger charge is -2.25. The van der Waals surface area contributed by atoms with E-state index in [1.165, 1.54) is 11.3 Å². The fourth-order valence-corrected chi connectivity index (χ4v) is 2.92. The number of anilines is 2. The summed E-state index contributed by atoms with van der Waals surface area (Å²) in [5.41, 5.74) is 4.73. The van der Waals surface area contributed by atoms with E-state index in [-0.39, 0.29) is 19.0 Å². The number of nitrogens with zero attached hydrogens (tertiary/aromatic N) is 2. The highest BCUT2D eigenvalue weighted by molar-refractivity contribution is 7.18. The number of rotatable bonds is 5. The van der Waals surface area contributed by atoms with Crippen LogP contribution < -0.4 is 16.0 Å². The molecule has 1 aromatic rings. The summed E-state index contributed by atoms with van der Waals surface area (Å²) in [6.07, 6.45) is 2.24. The van der Waals surface area contributed by atoms with Gasteiger partial charge in [0.1, 0.15) is 10.7 Å². The van der Waals surface area contributed by atoms with Crippen LogP contribution in [0.3, 0.4) is 0 Å². The molecule has 0 saturated carbocycles. The molecule has 2 rings (SSSR count). The molecule has 0 unspecified atom stereocenters. The van der Waals surface area contributed by atoms with Gasteiger partial charge in [-0.25, -0.2) is 4.98 Å². The number of aliphatic hydroxyl groups excluding tert-OH is 2. The summed E-state index contributed by atoms with van der Waals surface area (Å²) < 4.78 is 0. The Labute approximate surface area is 121 Å². The Bertz CT molecular complexity index is 481. The summed E-state index contributed by atoms with van der Waals surface area (Å²) in [5.74, 6) is -0.233. The number of hydrogen-bond donors (Lipinski definition) is 4. The molecule has 1 fully saturated rings. The van der Waals surface area contributed by atoms with Gasteiger partial charge in [0, 0.05) is 13.1 Å². The quantitative estimate of drug-likeness (QED) is 0.599. The van der Waals surface area contributed by atoms with Crippen LogP contribution >= 0.6 is 11.3 Å². The molecule has 1 saturated heterocycles. The lowest BCUT2D eigenvalue weighted by molar-refractivity contribution is 0.0728. The Morgan fingerprint density at radius 3 is 2.60 bits per heavy atom. The summed E-state index contributed by atoms with van der Waals surface area (Å²) in [5, 5.41) is 21.7. The highest BCUT2D eigenvalue weighted by atomic mass is 32.1. The number of hydrogen-bond acceptors (Lipinski definition) is 7. The Morgan fingerprint density at radius 1 is 1.45 bits per heavy atom. The average molecular weight is 300 g/mol. The van der Waals surface area contributed by atoms with E-state index in [9.17, 15) is 15.0 Å². The largest absolute Gasteiger partial charge is 0.394 e. The lowest BCUT2D eigenvalue weighted by atomic mass is 10.1. The van der Waals surface area contributed by atoms with Gasteiger partial charge in [0.2, 0.25) is 0 Å². The molecule has 20 heavy (non-hydrogen) atoms. The molecule has 1 aliphatic heterocycles. The minimum Gasteiger partial charge on any atom is -0.394 e. The van der Waals surface area contributed by atoms with Crippen molar-refractivity contribution in [1.82, 2.24) is 10.3 Å². The van der Waals surface area contributed by atoms with Gasteiger partial charge < -0.3 is 26.2 Å². The molecule has 0 atom stereocenters. The number of amides is 1. The molecule has 1 aliphatic rings. The maximum absolute atomic E-state index is 12.2. The zero-order chi connectivity index (χ0) is 14.8. The monoisotopic (exact) mass is 300 g/mol. The van der Waals surface area contributed by atoms with Crippen LogP contribution in [0.4, 0.5) is 10.9 Å². The van der Waals surface area contributed by atoms with Crippen molar-refractivity contribution < 1.29 is 15.0 Å². The minimum atomic E-state index is -1.07. The normalized spacial score (nSPS) is 15.7. The standard InChI is InChI=1S/C12H20N4O3S/c1-12(6-17,7-18)15-10(19)8-9(13)14-11(20-8)16-4-2-3-5-16/h17-18H,2-7,13H2,1H3,(H,15,19). The van der Waals surface area contributed by atoms with E-state index in [4.69, 9.17) is 5.73 Å². The third-order valence-corrected chi connectivity index (χ3v) is 4.47. The van der Waals surface area contributed by atoms with Gasteiger partial charge in [-0.05, 0) is 19.8 Å². The molecule has 1 amide bonds. The summed E-state index contributed by atoms with van der Waals surface area (Å²) in [4.78, 5) is 18.8. The number of thiazole rings is 1. The third-order valence-electron chi connectivity index (χ3n) is 3.34. The molecule has 0 bridgehead atoms. The number of nitrogens with one attached hydrogen (secondary N) is 1. The second kappa shape index (κ2) is 5.94. The predicted octanol–water partition coefficient (Wildman–Crippen LogP) is -0.201. The van der Waals surface area contributed by atoms with Crippen LogP contribution in [-0.2, 0) is 0 Å². The molecule has 8 heteroatoms. The first-order chi connectivity index (χ1) is 9.49. The number of carbonyl (C=O) groups excluding carboxylic acids is 1. The van der Waals surface area contributed by atoms with Crippen LogP contribution in [0.1, 0.15) is 29.4 Å². The van der Waals surface area contributed by atoms with Gasteiger partial charge in [-0.15, -0.1) is 0 Å². The van der Waals surface area contributed by atoms with E-state index in [1.807, 2.05) is 0 Å². The number of carbonyl (C=O) groups is 1. The smallest absolute Gasteiger partial charge is 0.265 e. The number of aromatic nitrogens is 1. The second-order valence-corrected chi connectivity index (χ2v) is 6.21. The molecule has 7 nitrogen and oxygen atoms in total. The first kappa shape index (κ1) is 15.0. The van der Waals surface area contributed by atoms with E-state index in [2.05, 4.69) is 15.2 Å². The van der Waals surface area contributed by atoms with Gasteiger partial charge in [-0.2, -0.15) is 0 Å². The van der Waals surface area contributed by atoms with Gasteiger partial charge in [0.05, 0.1) is 18.8 Å². The second-order valence-electron chi connectivity index (χ2n) is 5.24. The van der Waals surface area contributed by atoms with E-state index in [0.717, 1.165) is 31.1 Å². The van der Waals surface area contributed by atoms with E-state index in [0.29, 0.717) is 4.88 Å². The van der Waals surface area contributed by atoms with Crippen molar-refractivity contribution in [3.63, 3.8) is 0 Å². The third kappa shape index (κ3) is 3.02. The number of nitrogen functional groups attached to an aromatic ring is 1. The Kier molecular flexibility index (Phi) is 4.46. The van der Waals surface area contributed by atoms with E-state index in [1.54, 1.807) is 6.92 Å². The van der Waals surface area contributed by atoms with Gasteiger partial charge in [0.25, 0.3) is 5.91 Å². The molecule has 0 aromatic carbocycles. The fraction of sp³-hybridized carbons (Fsp3) is 0.667. The van der Waals surface area contributed by atoms with Gasteiger partial charge in [0.15, 0.2) is 5.13 Å². The van der Waals surface area contributed by atoms with E-state index >= 15 is 0 Å². The highest BCUT2D eigenvalue weighted by Gasteiger charge is 2.28. The number of aliphatic hydroxyl groups is 2. The molecular formula is C12H20N4O3S. The maximum atomic E-state index is 12.2. The topological polar surface area (TPSA) is 112 Å². The first-order valence-electron chi connectivity index (χ1n) is 6.54. The molecule has 1 aromatic heterocycles. The summed E-state index contributed by atoms with van der Waals surface area (Å²) in [6, 6.07) is 0. The molecule has 2 heterocycles. The van der Waals surface area contributed by atoms with Crippen molar-refractivity contribution in [2.24, 2.45) is 0 Å². The number of nitrogens with two attached hydrogens (primary N) is 1. The van der Waals surface area contributed by atoms with E-state index < -0.39 is 11.4 Å². The van der Waals surface area contributed by atoms with Crippen LogP contribution in [0.2, 0.25) is 0 Å². The SMILES string of the molecule is CC(CO)(CO)NC(=O)c1sc(N2CCCC2)nc1N. The molecule has 112 valence electrons. The first-order valence-corrected chi connectivity index (χ1v) is 7.36. The van der Waals surface area contributed by atoms with Crippen LogP contribution in [0.15, 0.2) is 0 Å². The molecule has 0 spiro atoms. The Morgan fingerprint density at radius 2 is 2.05 bits per heavy atom. The van der Waals surface area contributed by atoms with Crippen molar-refractivity contribution in [3.05, 3.63) is 4.88 Å². The van der Waals surface area contributed by atoms with Gasteiger partial charge in [-0.1, -0.05) is 11.3 Å². The fourth-order valence-electron chi connectivity index (χ4n) is 1.99. The Hall–Kier alpha value is -1.38. The van der Waals surface area contributed by atoms with Crippen molar-refractivity contribution in [1.29, 1.82) is 0 Å². The summed E-state index contributed by atoms with van der Waals surface area (Å²) in [7, 11) is 0. The van der Waals surface area contributed by atoms with Gasteiger partial charge in [-0.3, -0.25) is 4.79 Å². The van der Waals surface area contributed by atoms with Crippen LogP contribution in [-0.4, -0.2) is 52.9 Å². The molecule has 0 radical (unpaired) electrons. The lowest BCUT2D eigenvalue weighted by Crippen LogP contribution is -2.51. The zero-order valence-corrected chi connectivity index (χ0v) is 12.2. The van der Waals surface area contributed by atoms with Crippen LogP contribution in [0.25, 0.3) is 0 Å². The molecule has 0 aliphatic carbocycles. The average Bonchev–Trinajstić information content (AvgIpc) is 3.07. The van der Waals surface area contributed by atoms with Crippen molar-refractivity contribution in [2.75, 3.05) is 36.9 Å². The van der Waals surface area contributed by atoms with Crippen LogP contribution in [0, 0.1) is 0 Å². The van der Waals surface area contributed by atoms with Crippen molar-refractivity contribution in [2.45, 2.75) is 25.3 Å². The van der Waals surface area contributed by atoms with Crippen molar-refractivity contribution in [3.8, 4) is 0 Å². The zero-order valence-electron chi connectivity index (χ0n) is 11.4. The highest BCUT2D eigenvalue weighted by Crippen LogP contribution is 2.30. The van der Waals surface area contributed by atoms with Crippen molar-refractivity contribution >= 4 is 28.2 Å². The minimum absolute atomic E-state index is 0.188. The molecule has 5 N–H and O–H groups in total. The molecular weight excluding hydrogens is 280 g/mol. The predicted molar refractivity (Wildman–Crippen MR) is 78.0 cm³/mol.